The Hall–Kier alpha value is -1.00. The van der Waals surface area contributed by atoms with Crippen LogP contribution < -0.4 is 11.1 Å². The van der Waals surface area contributed by atoms with E-state index in [0.29, 0.717) is 6.54 Å². The topological polar surface area (TPSA) is 55.1 Å². The Bertz CT molecular complexity index is 485. The van der Waals surface area contributed by atoms with Crippen molar-refractivity contribution in [3.05, 3.63) is 29.8 Å². The standard InChI is InChI=1S/C17H26N2OS/c1-13-6-8-14(9-7-13)21-17(10-4-5-11-17)15(20)19-12-16(2,3)18/h6-9H,4-5,10-12,18H2,1-3H3,(H,19,20). The Kier molecular flexibility index (Phi) is 4.99. The smallest absolute Gasteiger partial charge is 0.236 e. The van der Waals surface area contributed by atoms with Gasteiger partial charge in [-0.05, 0) is 45.7 Å². The van der Waals surface area contributed by atoms with Crippen LogP contribution in [0.25, 0.3) is 0 Å². The monoisotopic (exact) mass is 306 g/mol. The highest BCUT2D eigenvalue weighted by Gasteiger charge is 2.42. The van der Waals surface area contributed by atoms with Gasteiger partial charge in [0.15, 0.2) is 0 Å². The first-order chi connectivity index (χ1) is 9.81. The van der Waals surface area contributed by atoms with Gasteiger partial charge in [0.2, 0.25) is 5.91 Å². The number of thioether (sulfide) groups is 1. The number of carbonyl (C=O) groups excluding carboxylic acids is 1. The molecule has 0 aliphatic heterocycles. The Balaban J connectivity index is 2.09. The molecule has 3 nitrogen and oxygen atoms in total. The molecule has 1 amide bonds. The largest absolute Gasteiger partial charge is 0.353 e. The molecule has 1 aliphatic carbocycles. The first-order valence-corrected chi connectivity index (χ1v) is 8.45. The zero-order valence-electron chi connectivity index (χ0n) is 13.2. The SMILES string of the molecule is Cc1ccc(SC2(C(=O)NCC(C)(C)N)CCCC2)cc1. The quantitative estimate of drug-likeness (QED) is 0.878. The van der Waals surface area contributed by atoms with E-state index < -0.39 is 0 Å². The van der Waals surface area contributed by atoms with E-state index in [9.17, 15) is 4.79 Å². The van der Waals surface area contributed by atoms with Crippen molar-refractivity contribution in [3.63, 3.8) is 0 Å². The number of amides is 1. The lowest BCUT2D eigenvalue weighted by molar-refractivity contribution is -0.123. The summed E-state index contributed by atoms with van der Waals surface area (Å²) in [6.45, 7) is 6.46. The van der Waals surface area contributed by atoms with Crippen molar-refractivity contribution in [2.75, 3.05) is 6.54 Å². The summed E-state index contributed by atoms with van der Waals surface area (Å²) in [4.78, 5) is 13.9. The van der Waals surface area contributed by atoms with Crippen molar-refractivity contribution >= 4 is 17.7 Å². The first kappa shape index (κ1) is 16.4. The van der Waals surface area contributed by atoms with Gasteiger partial charge in [-0.1, -0.05) is 30.5 Å². The number of nitrogens with one attached hydrogen (secondary N) is 1. The molecule has 0 heterocycles. The van der Waals surface area contributed by atoms with Crippen LogP contribution in [-0.2, 0) is 4.79 Å². The summed E-state index contributed by atoms with van der Waals surface area (Å²) in [5.41, 5.74) is 6.85. The molecule has 0 aromatic heterocycles. The van der Waals surface area contributed by atoms with Crippen LogP contribution in [0.1, 0.15) is 45.1 Å². The van der Waals surface area contributed by atoms with Crippen LogP contribution in [0.3, 0.4) is 0 Å². The van der Waals surface area contributed by atoms with Gasteiger partial charge in [-0.2, -0.15) is 0 Å². The van der Waals surface area contributed by atoms with Crippen molar-refractivity contribution < 1.29 is 4.79 Å². The molecule has 0 saturated heterocycles. The van der Waals surface area contributed by atoms with E-state index in [1.54, 1.807) is 11.8 Å². The summed E-state index contributed by atoms with van der Waals surface area (Å²) in [6, 6.07) is 8.43. The summed E-state index contributed by atoms with van der Waals surface area (Å²) in [5, 5.41) is 3.05. The van der Waals surface area contributed by atoms with Gasteiger partial charge >= 0.3 is 0 Å². The predicted octanol–water partition coefficient (Wildman–Crippen LogP) is 3.25. The lowest BCUT2D eigenvalue weighted by atomic mass is 10.0. The molecule has 1 fully saturated rings. The highest BCUT2D eigenvalue weighted by molar-refractivity contribution is 8.01. The van der Waals surface area contributed by atoms with Crippen LogP contribution in [0.2, 0.25) is 0 Å². The van der Waals surface area contributed by atoms with Gasteiger partial charge < -0.3 is 11.1 Å². The number of hydrogen-bond acceptors (Lipinski definition) is 3. The molecule has 2 rings (SSSR count). The average Bonchev–Trinajstić information content (AvgIpc) is 2.88. The lowest BCUT2D eigenvalue weighted by Gasteiger charge is -2.29. The maximum absolute atomic E-state index is 12.7. The van der Waals surface area contributed by atoms with Crippen molar-refractivity contribution in [1.82, 2.24) is 5.32 Å². The second-order valence-corrected chi connectivity index (χ2v) is 8.24. The first-order valence-electron chi connectivity index (χ1n) is 7.64. The summed E-state index contributed by atoms with van der Waals surface area (Å²) in [7, 11) is 0. The molecular formula is C17H26N2OS. The van der Waals surface area contributed by atoms with Crippen molar-refractivity contribution in [2.24, 2.45) is 5.73 Å². The van der Waals surface area contributed by atoms with Crippen LogP contribution in [0.4, 0.5) is 0 Å². The Labute approximate surface area is 132 Å². The van der Waals surface area contributed by atoms with E-state index in [0.717, 1.165) is 25.7 Å². The summed E-state index contributed by atoms with van der Waals surface area (Å²) in [5.74, 6) is 0.143. The zero-order valence-corrected chi connectivity index (χ0v) is 14.1. The predicted molar refractivity (Wildman–Crippen MR) is 89.5 cm³/mol. The van der Waals surface area contributed by atoms with Crippen LogP contribution >= 0.6 is 11.8 Å². The molecule has 116 valence electrons. The fraction of sp³-hybridized carbons (Fsp3) is 0.588. The third kappa shape index (κ3) is 4.48. The molecule has 0 radical (unpaired) electrons. The van der Waals surface area contributed by atoms with Gasteiger partial charge in [-0.25, -0.2) is 0 Å². The fourth-order valence-corrected chi connectivity index (χ4v) is 4.00. The van der Waals surface area contributed by atoms with Gasteiger partial charge in [0.05, 0.1) is 4.75 Å². The van der Waals surface area contributed by atoms with E-state index in [2.05, 4.69) is 36.5 Å². The highest BCUT2D eigenvalue weighted by atomic mass is 32.2. The molecule has 1 aromatic rings. The van der Waals surface area contributed by atoms with Gasteiger partial charge in [-0.3, -0.25) is 4.79 Å². The molecule has 1 aromatic carbocycles. The normalized spacial score (nSPS) is 17.7. The summed E-state index contributed by atoms with van der Waals surface area (Å²) in [6.07, 6.45) is 4.14. The minimum atomic E-state index is -0.371. The van der Waals surface area contributed by atoms with Gasteiger partial charge in [0, 0.05) is 17.0 Å². The Morgan fingerprint density at radius 2 is 1.86 bits per heavy atom. The molecule has 21 heavy (non-hydrogen) atoms. The van der Waals surface area contributed by atoms with Gasteiger partial charge in [0.1, 0.15) is 0 Å². The van der Waals surface area contributed by atoms with Crippen LogP contribution in [0, 0.1) is 6.92 Å². The number of nitrogens with two attached hydrogens (primary N) is 1. The Morgan fingerprint density at radius 1 is 1.29 bits per heavy atom. The number of benzene rings is 1. The molecule has 1 saturated carbocycles. The molecule has 4 heteroatoms. The van der Waals surface area contributed by atoms with E-state index in [1.165, 1.54) is 10.5 Å². The van der Waals surface area contributed by atoms with Gasteiger partial charge in [-0.15, -0.1) is 11.8 Å². The third-order valence-electron chi connectivity index (χ3n) is 3.86. The number of hydrogen-bond donors (Lipinski definition) is 2. The Morgan fingerprint density at radius 3 is 2.38 bits per heavy atom. The molecule has 0 unspecified atom stereocenters. The third-order valence-corrected chi connectivity index (χ3v) is 5.36. The van der Waals surface area contributed by atoms with E-state index in [1.807, 2.05) is 13.8 Å². The molecule has 0 bridgehead atoms. The number of carbonyl (C=O) groups is 1. The summed E-state index contributed by atoms with van der Waals surface area (Å²) >= 11 is 1.71. The zero-order chi connectivity index (χ0) is 15.5. The van der Waals surface area contributed by atoms with E-state index in [4.69, 9.17) is 5.73 Å². The van der Waals surface area contributed by atoms with Crippen molar-refractivity contribution in [3.8, 4) is 0 Å². The lowest BCUT2D eigenvalue weighted by Crippen LogP contribution is -2.50. The maximum Gasteiger partial charge on any atom is 0.236 e. The fourth-order valence-electron chi connectivity index (χ4n) is 2.62. The van der Waals surface area contributed by atoms with Gasteiger partial charge in [0.25, 0.3) is 0 Å². The second kappa shape index (κ2) is 6.41. The van der Waals surface area contributed by atoms with Crippen LogP contribution in [-0.4, -0.2) is 22.7 Å². The van der Waals surface area contributed by atoms with E-state index >= 15 is 0 Å². The average molecular weight is 306 g/mol. The molecule has 3 N–H and O–H groups in total. The van der Waals surface area contributed by atoms with Crippen molar-refractivity contribution in [2.45, 2.75) is 61.6 Å². The minimum Gasteiger partial charge on any atom is -0.353 e. The van der Waals surface area contributed by atoms with E-state index in [-0.39, 0.29) is 16.2 Å². The number of aryl methyl sites for hydroxylation is 1. The number of rotatable bonds is 5. The molecule has 0 atom stereocenters. The second-order valence-electron chi connectivity index (χ2n) is 6.79. The molecule has 0 spiro atoms. The van der Waals surface area contributed by atoms with Crippen LogP contribution in [0.5, 0.6) is 0 Å². The van der Waals surface area contributed by atoms with Crippen molar-refractivity contribution in [1.29, 1.82) is 0 Å². The highest BCUT2D eigenvalue weighted by Crippen LogP contribution is 2.45. The van der Waals surface area contributed by atoms with Crippen LogP contribution in [0.15, 0.2) is 29.2 Å². The molecule has 1 aliphatic rings. The minimum absolute atomic E-state index is 0.143. The molecular weight excluding hydrogens is 280 g/mol. The summed E-state index contributed by atoms with van der Waals surface area (Å²) < 4.78 is -0.319. The maximum atomic E-state index is 12.7.